The molecule has 0 radical (unpaired) electrons. The van der Waals surface area contributed by atoms with E-state index in [9.17, 15) is 14.0 Å². The molecule has 0 spiro atoms. The van der Waals surface area contributed by atoms with Crippen molar-refractivity contribution in [2.75, 3.05) is 86.1 Å². The van der Waals surface area contributed by atoms with Crippen molar-refractivity contribution < 1.29 is 47.2 Å². The molecule has 2 aliphatic heterocycles. The molecule has 2 atom stereocenters. The number of ether oxygens (including phenoxy) is 6. The van der Waals surface area contributed by atoms with Gasteiger partial charge < -0.3 is 43.2 Å². The standard InChI is InChI=1S/C61H63Cl2FN10O9/c1-40(2)83-54-31-50(78-3)15-16-51(54)60-69-57(42-7-11-47(62)12-8-42)58(43-9-13-48(63)14-10-43)74(60)61(77)71-19-18-70(56(76)39-71)20-22-80-24-26-82-28-27-81-25-23-79-21-17-55(75)73-38-45(33-68-73)44-30-52-53(35-66-59(52)65-32-44)46-34-67-72(37-46)36-41-5-4-6-49(64)29-41/h4-16,29-35,37-38,40,57-58H,17-28,36,39H2,1-3H3,(H,65,66)/t57-,58+/m1/s1. The van der Waals surface area contributed by atoms with Crippen LogP contribution in [0.5, 0.6) is 11.5 Å². The van der Waals surface area contributed by atoms with Crippen molar-refractivity contribution in [3.8, 4) is 33.8 Å². The molecule has 0 bridgehead atoms. The van der Waals surface area contributed by atoms with Gasteiger partial charge in [0.1, 0.15) is 41.4 Å². The molecule has 1 saturated heterocycles. The molecule has 432 valence electrons. The maximum atomic E-state index is 15.1. The van der Waals surface area contributed by atoms with Gasteiger partial charge in [0, 0.05) is 88.2 Å². The number of pyridine rings is 1. The van der Waals surface area contributed by atoms with E-state index in [4.69, 9.17) is 56.6 Å². The highest BCUT2D eigenvalue weighted by Crippen LogP contribution is 2.46. The number of H-pyrrole nitrogens is 1. The topological polar surface area (TPSA) is 193 Å². The Bertz CT molecular complexity index is 3550. The van der Waals surface area contributed by atoms with Gasteiger partial charge in [-0.3, -0.25) is 24.2 Å². The number of benzene rings is 4. The molecule has 4 aromatic heterocycles. The third-order valence-electron chi connectivity index (χ3n) is 14.0. The molecule has 10 rings (SSSR count). The second-order valence-corrected chi connectivity index (χ2v) is 20.9. The summed E-state index contributed by atoms with van der Waals surface area (Å²) in [6.45, 7) is 7.58. The van der Waals surface area contributed by atoms with Crippen LogP contribution >= 0.6 is 23.2 Å². The van der Waals surface area contributed by atoms with E-state index in [0.717, 1.165) is 44.3 Å². The number of methoxy groups -OCH3 is 1. The Hall–Kier alpha value is -7.98. The van der Waals surface area contributed by atoms with Crippen LogP contribution in [0.15, 0.2) is 139 Å². The van der Waals surface area contributed by atoms with E-state index < -0.39 is 12.1 Å². The molecule has 2 aliphatic rings. The van der Waals surface area contributed by atoms with Crippen LogP contribution in [0, 0.1) is 5.82 Å². The van der Waals surface area contributed by atoms with Crippen LogP contribution in [-0.2, 0) is 30.3 Å². The number of urea groups is 1. The van der Waals surface area contributed by atoms with Gasteiger partial charge in [-0.15, -0.1) is 0 Å². The van der Waals surface area contributed by atoms with Gasteiger partial charge in [-0.1, -0.05) is 59.6 Å². The average Bonchev–Trinajstić information content (AvgIpc) is 4.05. The van der Waals surface area contributed by atoms with Crippen molar-refractivity contribution in [3.05, 3.63) is 172 Å². The number of nitrogens with zero attached hydrogens (tertiary/aromatic N) is 9. The highest BCUT2D eigenvalue weighted by atomic mass is 35.5. The van der Waals surface area contributed by atoms with Crippen molar-refractivity contribution in [2.45, 2.75) is 45.0 Å². The molecule has 19 nitrogen and oxygen atoms in total. The number of amides is 3. The lowest BCUT2D eigenvalue weighted by Crippen LogP contribution is -2.56. The lowest BCUT2D eigenvalue weighted by Gasteiger charge is -2.38. The van der Waals surface area contributed by atoms with Gasteiger partial charge in [0.15, 0.2) is 0 Å². The molecular weight excluding hydrogens is 1110 g/mol. The van der Waals surface area contributed by atoms with Gasteiger partial charge in [-0.05, 0) is 85.1 Å². The van der Waals surface area contributed by atoms with Crippen molar-refractivity contribution in [3.63, 3.8) is 0 Å². The zero-order valence-corrected chi connectivity index (χ0v) is 47.7. The maximum absolute atomic E-state index is 15.1. The zero-order valence-electron chi connectivity index (χ0n) is 46.2. The number of piperazine rings is 1. The number of carbonyl (C=O) groups excluding carboxylic acids is 3. The van der Waals surface area contributed by atoms with E-state index in [-0.39, 0.29) is 55.9 Å². The number of aliphatic imine (C=N–C) groups is 1. The van der Waals surface area contributed by atoms with Gasteiger partial charge >= 0.3 is 6.03 Å². The predicted octanol–water partition coefficient (Wildman–Crippen LogP) is 10.2. The molecule has 0 saturated carbocycles. The molecule has 22 heteroatoms. The van der Waals surface area contributed by atoms with E-state index in [2.05, 4.69) is 20.2 Å². The number of aromatic amines is 1. The first-order valence-electron chi connectivity index (χ1n) is 27.3. The molecule has 4 aromatic carbocycles. The van der Waals surface area contributed by atoms with Gasteiger partial charge in [0.05, 0.1) is 103 Å². The second-order valence-electron chi connectivity index (χ2n) is 20.1. The summed E-state index contributed by atoms with van der Waals surface area (Å²) in [4.78, 5) is 59.8. The highest BCUT2D eigenvalue weighted by molar-refractivity contribution is 6.30. The van der Waals surface area contributed by atoms with E-state index in [1.54, 1.807) is 93.7 Å². The Kier molecular flexibility index (Phi) is 19.2. The first-order valence-corrected chi connectivity index (χ1v) is 28.1. The fourth-order valence-corrected chi connectivity index (χ4v) is 10.2. The summed E-state index contributed by atoms with van der Waals surface area (Å²) < 4.78 is 51.5. The fraction of sp³-hybridized carbons (Fsp3) is 0.328. The number of halogens is 3. The minimum absolute atomic E-state index is 0.128. The van der Waals surface area contributed by atoms with Crippen LogP contribution in [0.4, 0.5) is 9.18 Å². The first kappa shape index (κ1) is 58.2. The van der Waals surface area contributed by atoms with E-state index in [0.29, 0.717) is 104 Å². The number of rotatable bonds is 25. The molecule has 1 N–H and O–H groups in total. The third-order valence-corrected chi connectivity index (χ3v) is 14.5. The summed E-state index contributed by atoms with van der Waals surface area (Å²) in [7, 11) is 1.58. The second kappa shape index (κ2) is 27.4. The van der Waals surface area contributed by atoms with Crippen LogP contribution in [0.2, 0.25) is 10.0 Å². The van der Waals surface area contributed by atoms with Crippen molar-refractivity contribution in [2.24, 2.45) is 4.99 Å². The van der Waals surface area contributed by atoms with E-state index >= 15 is 4.79 Å². The lowest BCUT2D eigenvalue weighted by atomic mass is 9.93. The normalized spacial score (nSPS) is 15.4. The Morgan fingerprint density at radius 1 is 0.747 bits per heavy atom. The van der Waals surface area contributed by atoms with Gasteiger partial charge in [-0.25, -0.2) is 18.9 Å². The van der Waals surface area contributed by atoms with Crippen molar-refractivity contribution in [1.82, 2.24) is 44.2 Å². The Morgan fingerprint density at radius 3 is 2.14 bits per heavy atom. The van der Waals surface area contributed by atoms with Crippen LogP contribution in [-0.4, -0.2) is 160 Å². The number of fused-ring (bicyclic) bond motifs is 1. The summed E-state index contributed by atoms with van der Waals surface area (Å²) in [5.41, 5.74) is 7.08. The molecule has 0 aliphatic carbocycles. The van der Waals surface area contributed by atoms with Crippen LogP contribution < -0.4 is 9.47 Å². The van der Waals surface area contributed by atoms with E-state index in [1.165, 1.54) is 16.8 Å². The number of hydrogen-bond donors (Lipinski definition) is 1. The summed E-state index contributed by atoms with van der Waals surface area (Å²) in [6, 6.07) is 27.1. The number of amidine groups is 1. The third kappa shape index (κ3) is 14.4. The molecule has 8 aromatic rings. The minimum atomic E-state index is -0.615. The van der Waals surface area contributed by atoms with E-state index in [1.807, 2.05) is 68.7 Å². The van der Waals surface area contributed by atoms with Crippen molar-refractivity contribution in [1.29, 1.82) is 0 Å². The SMILES string of the molecule is COc1ccc(C2=N[C@H](c3ccc(Cl)cc3)[C@H](c3ccc(Cl)cc3)N2C(=O)N2CCN(CCOCCOCCOCCOCCC(=O)n3cc(-c4cnc5[nH]cc(-c6cnn(Cc7cccc(F)c7)c6)c5c4)cn3)C(=O)C2)c(OC(C)C)c1. The smallest absolute Gasteiger partial charge is 0.326 e. The quantitative estimate of drug-likeness (QED) is 0.0533. The van der Waals surface area contributed by atoms with Crippen LogP contribution in [0.25, 0.3) is 33.3 Å². The molecule has 3 amide bonds. The van der Waals surface area contributed by atoms with Gasteiger partial charge in [-0.2, -0.15) is 10.2 Å². The number of carbonyl (C=O) groups is 3. The lowest BCUT2D eigenvalue weighted by molar-refractivity contribution is -0.135. The molecular formula is C61H63Cl2FN10O9. The maximum Gasteiger partial charge on any atom is 0.326 e. The summed E-state index contributed by atoms with van der Waals surface area (Å²) in [5, 5.41) is 10.8. The highest BCUT2D eigenvalue weighted by Gasteiger charge is 2.45. The minimum Gasteiger partial charge on any atom is -0.497 e. The number of nitrogens with one attached hydrogen (secondary N) is 1. The molecule has 83 heavy (non-hydrogen) atoms. The predicted molar refractivity (Wildman–Crippen MR) is 312 cm³/mol. The van der Waals surface area contributed by atoms with Crippen LogP contribution in [0.3, 0.4) is 0 Å². The van der Waals surface area contributed by atoms with Crippen molar-refractivity contribution >= 4 is 57.9 Å². The molecule has 1 fully saturated rings. The first-order chi connectivity index (χ1) is 40.4. The van der Waals surface area contributed by atoms with Crippen LogP contribution in [0.1, 0.15) is 59.4 Å². The Balaban J connectivity index is 0.626. The molecule has 0 unspecified atom stereocenters. The number of aromatic nitrogens is 6. The van der Waals surface area contributed by atoms with Gasteiger partial charge in [0.25, 0.3) is 0 Å². The largest absolute Gasteiger partial charge is 0.497 e. The summed E-state index contributed by atoms with van der Waals surface area (Å²) in [6.07, 6.45) is 10.5. The Labute approximate surface area is 489 Å². The zero-order chi connectivity index (χ0) is 57.8. The van der Waals surface area contributed by atoms with Gasteiger partial charge in [0.2, 0.25) is 11.8 Å². The fourth-order valence-electron chi connectivity index (χ4n) is 9.91. The monoisotopic (exact) mass is 1170 g/mol. The Morgan fingerprint density at radius 2 is 1.45 bits per heavy atom. The average molecular weight is 1170 g/mol. The summed E-state index contributed by atoms with van der Waals surface area (Å²) in [5.74, 6) is 0.764. The number of hydrogen-bond acceptors (Lipinski definition) is 13. The summed E-state index contributed by atoms with van der Waals surface area (Å²) >= 11 is 12.7. The molecule has 6 heterocycles.